The lowest BCUT2D eigenvalue weighted by atomic mass is 10.1. The van der Waals surface area contributed by atoms with E-state index in [1.165, 1.54) is 10.6 Å². The number of hydrogen-bond acceptors (Lipinski definition) is 3. The summed E-state index contributed by atoms with van der Waals surface area (Å²) in [7, 11) is -1.66. The third-order valence-electron chi connectivity index (χ3n) is 2.24. The zero-order chi connectivity index (χ0) is 11.5. The van der Waals surface area contributed by atoms with Crippen LogP contribution in [0.2, 0.25) is 0 Å². The van der Waals surface area contributed by atoms with Gasteiger partial charge in [0.2, 0.25) is 10.0 Å². The molecule has 0 atom stereocenters. The lowest BCUT2D eigenvalue weighted by molar-refractivity contribution is 0.600. The monoisotopic (exact) mass is 228 g/mol. The highest BCUT2D eigenvalue weighted by molar-refractivity contribution is 7.92. The largest absolute Gasteiger partial charge is 0.330 e. The summed E-state index contributed by atoms with van der Waals surface area (Å²) in [6.45, 7) is 0.509. The number of rotatable bonds is 4. The van der Waals surface area contributed by atoms with Gasteiger partial charge in [0.15, 0.2) is 0 Å². The Balaban J connectivity index is 3.13. The first-order valence-corrected chi connectivity index (χ1v) is 6.53. The van der Waals surface area contributed by atoms with Crippen molar-refractivity contribution in [3.8, 4) is 0 Å². The van der Waals surface area contributed by atoms with Crippen molar-refractivity contribution >= 4 is 15.7 Å². The maximum absolute atomic E-state index is 11.4. The summed E-state index contributed by atoms with van der Waals surface area (Å²) in [4.78, 5) is 0. The van der Waals surface area contributed by atoms with Crippen molar-refractivity contribution in [2.24, 2.45) is 5.73 Å². The van der Waals surface area contributed by atoms with Crippen LogP contribution in [0.1, 0.15) is 5.56 Å². The standard InChI is InChI=1S/C10H16N2O2S/c1-12(15(2,13)14)10-6-4-3-5-9(10)7-8-11/h3-6H,7-8,11H2,1-2H3. The highest BCUT2D eigenvalue weighted by Gasteiger charge is 2.14. The van der Waals surface area contributed by atoms with Crippen LogP contribution >= 0.6 is 0 Å². The summed E-state index contributed by atoms with van der Waals surface area (Å²) < 4.78 is 24.0. The number of nitrogens with zero attached hydrogens (tertiary/aromatic N) is 1. The summed E-state index contributed by atoms with van der Waals surface area (Å²) in [6, 6.07) is 7.37. The maximum atomic E-state index is 11.4. The van der Waals surface area contributed by atoms with Gasteiger partial charge in [0.05, 0.1) is 11.9 Å². The predicted octanol–water partition coefficient (Wildman–Crippen LogP) is 0.584. The first-order valence-electron chi connectivity index (χ1n) is 4.68. The van der Waals surface area contributed by atoms with Gasteiger partial charge in [-0.1, -0.05) is 18.2 Å². The van der Waals surface area contributed by atoms with Gasteiger partial charge >= 0.3 is 0 Å². The first-order chi connectivity index (χ1) is 6.96. The molecule has 0 aromatic heterocycles. The zero-order valence-electron chi connectivity index (χ0n) is 8.97. The van der Waals surface area contributed by atoms with Gasteiger partial charge < -0.3 is 5.73 Å². The van der Waals surface area contributed by atoms with Gasteiger partial charge in [-0.2, -0.15) is 0 Å². The molecule has 0 saturated carbocycles. The van der Waals surface area contributed by atoms with Crippen molar-refractivity contribution in [3.05, 3.63) is 29.8 Å². The van der Waals surface area contributed by atoms with Gasteiger partial charge in [-0.25, -0.2) is 8.42 Å². The molecule has 2 N–H and O–H groups in total. The Hall–Kier alpha value is -1.07. The van der Waals surface area contributed by atoms with Gasteiger partial charge in [0.1, 0.15) is 0 Å². The first kappa shape index (κ1) is 12.0. The van der Waals surface area contributed by atoms with E-state index in [1.54, 1.807) is 13.1 Å². The average molecular weight is 228 g/mol. The Bertz CT molecular complexity index is 429. The van der Waals surface area contributed by atoms with Crippen molar-refractivity contribution < 1.29 is 8.42 Å². The van der Waals surface area contributed by atoms with Crippen molar-refractivity contribution in [3.63, 3.8) is 0 Å². The van der Waals surface area contributed by atoms with Gasteiger partial charge in [-0.3, -0.25) is 4.31 Å². The van der Waals surface area contributed by atoms with E-state index in [-0.39, 0.29) is 0 Å². The van der Waals surface area contributed by atoms with Crippen LogP contribution in [0.4, 0.5) is 5.69 Å². The minimum atomic E-state index is -3.20. The molecular formula is C10H16N2O2S. The van der Waals surface area contributed by atoms with Crippen LogP contribution in [0.25, 0.3) is 0 Å². The molecule has 4 nitrogen and oxygen atoms in total. The predicted molar refractivity (Wildman–Crippen MR) is 62.4 cm³/mol. The minimum absolute atomic E-state index is 0.509. The van der Waals surface area contributed by atoms with E-state index in [2.05, 4.69) is 0 Å². The van der Waals surface area contributed by atoms with E-state index in [9.17, 15) is 8.42 Å². The molecule has 1 aromatic rings. The normalized spacial score (nSPS) is 11.4. The molecular weight excluding hydrogens is 212 g/mol. The van der Waals surface area contributed by atoms with E-state index < -0.39 is 10.0 Å². The molecule has 15 heavy (non-hydrogen) atoms. The van der Waals surface area contributed by atoms with E-state index in [0.717, 1.165) is 5.56 Å². The summed E-state index contributed by atoms with van der Waals surface area (Å²) in [5.74, 6) is 0. The highest BCUT2D eigenvalue weighted by Crippen LogP contribution is 2.21. The van der Waals surface area contributed by atoms with Gasteiger partial charge in [0.25, 0.3) is 0 Å². The molecule has 5 heteroatoms. The average Bonchev–Trinajstić information content (AvgIpc) is 2.17. The van der Waals surface area contributed by atoms with E-state index in [1.807, 2.05) is 18.2 Å². The topological polar surface area (TPSA) is 63.4 Å². The molecule has 0 radical (unpaired) electrons. The zero-order valence-corrected chi connectivity index (χ0v) is 9.79. The quantitative estimate of drug-likeness (QED) is 0.820. The maximum Gasteiger partial charge on any atom is 0.232 e. The Labute approximate surface area is 90.8 Å². The second kappa shape index (κ2) is 4.63. The molecule has 1 aromatic carbocycles. The summed E-state index contributed by atoms with van der Waals surface area (Å²) in [5, 5.41) is 0. The van der Waals surface area contributed by atoms with Crippen LogP contribution in [0, 0.1) is 0 Å². The number of hydrogen-bond donors (Lipinski definition) is 1. The minimum Gasteiger partial charge on any atom is -0.330 e. The fourth-order valence-corrected chi connectivity index (χ4v) is 1.90. The van der Waals surface area contributed by atoms with E-state index >= 15 is 0 Å². The molecule has 84 valence electrons. The summed E-state index contributed by atoms with van der Waals surface area (Å²) >= 11 is 0. The summed E-state index contributed by atoms with van der Waals surface area (Å²) in [6.07, 6.45) is 1.86. The fraction of sp³-hybridized carbons (Fsp3) is 0.400. The third-order valence-corrected chi connectivity index (χ3v) is 3.43. The molecule has 0 heterocycles. The van der Waals surface area contributed by atoms with Crippen LogP contribution in [-0.2, 0) is 16.4 Å². The Morgan fingerprint density at radius 2 is 1.93 bits per heavy atom. The molecule has 0 bridgehead atoms. The highest BCUT2D eigenvalue weighted by atomic mass is 32.2. The fourth-order valence-electron chi connectivity index (χ4n) is 1.36. The van der Waals surface area contributed by atoms with Crippen molar-refractivity contribution in [2.75, 3.05) is 24.2 Å². The van der Waals surface area contributed by atoms with Gasteiger partial charge in [-0.15, -0.1) is 0 Å². The van der Waals surface area contributed by atoms with Gasteiger partial charge in [-0.05, 0) is 24.6 Å². The number of para-hydroxylation sites is 1. The smallest absolute Gasteiger partial charge is 0.232 e. The van der Waals surface area contributed by atoms with Crippen molar-refractivity contribution in [2.45, 2.75) is 6.42 Å². The van der Waals surface area contributed by atoms with E-state index in [0.29, 0.717) is 18.7 Å². The van der Waals surface area contributed by atoms with Crippen molar-refractivity contribution in [1.29, 1.82) is 0 Å². The molecule has 0 amide bonds. The number of anilines is 1. The molecule has 0 fully saturated rings. The SMILES string of the molecule is CN(c1ccccc1CCN)S(C)(=O)=O. The van der Waals surface area contributed by atoms with Crippen LogP contribution in [0.3, 0.4) is 0 Å². The number of nitrogens with two attached hydrogens (primary N) is 1. The molecule has 0 aliphatic carbocycles. The van der Waals surface area contributed by atoms with Crippen molar-refractivity contribution in [1.82, 2.24) is 0 Å². The Kier molecular flexibility index (Phi) is 3.71. The molecule has 1 rings (SSSR count). The Morgan fingerprint density at radius 3 is 2.47 bits per heavy atom. The third kappa shape index (κ3) is 2.94. The van der Waals surface area contributed by atoms with Crippen LogP contribution < -0.4 is 10.0 Å². The van der Waals surface area contributed by atoms with E-state index in [4.69, 9.17) is 5.73 Å². The molecule has 0 aliphatic rings. The number of sulfonamides is 1. The summed E-state index contributed by atoms with van der Waals surface area (Å²) in [5.41, 5.74) is 7.12. The lowest BCUT2D eigenvalue weighted by Gasteiger charge is -2.19. The Morgan fingerprint density at radius 1 is 1.33 bits per heavy atom. The van der Waals surface area contributed by atoms with Crippen LogP contribution in [-0.4, -0.2) is 28.3 Å². The van der Waals surface area contributed by atoms with Gasteiger partial charge in [0, 0.05) is 7.05 Å². The second-order valence-corrected chi connectivity index (χ2v) is 5.41. The van der Waals surface area contributed by atoms with Crippen LogP contribution in [0.15, 0.2) is 24.3 Å². The second-order valence-electron chi connectivity index (χ2n) is 3.40. The molecule has 0 unspecified atom stereocenters. The molecule has 0 spiro atoms. The number of benzene rings is 1. The molecule has 0 saturated heterocycles. The van der Waals surface area contributed by atoms with Crippen LogP contribution in [0.5, 0.6) is 0 Å². The molecule has 0 aliphatic heterocycles. The lowest BCUT2D eigenvalue weighted by Crippen LogP contribution is -2.26.